The maximum atomic E-state index is 13.8. The normalized spacial score (nSPS) is 10.9. The van der Waals surface area contributed by atoms with Gasteiger partial charge >= 0.3 is 0 Å². The highest BCUT2D eigenvalue weighted by atomic mass is 79.9. The van der Waals surface area contributed by atoms with Crippen molar-refractivity contribution in [2.24, 2.45) is 0 Å². The van der Waals surface area contributed by atoms with Crippen LogP contribution >= 0.6 is 27.5 Å². The molecule has 0 aliphatic carbocycles. The Morgan fingerprint density at radius 2 is 2.09 bits per heavy atom. The first kappa shape index (κ1) is 15.1. The van der Waals surface area contributed by atoms with Crippen molar-refractivity contribution in [3.05, 3.63) is 63.0 Å². The second-order valence-corrected chi connectivity index (χ2v) is 6.01. The summed E-state index contributed by atoms with van der Waals surface area (Å²) < 4.78 is 20.2. The number of anilines is 1. The van der Waals surface area contributed by atoms with Crippen LogP contribution in [0.1, 0.15) is 16.1 Å². The Morgan fingerprint density at radius 1 is 1.32 bits per heavy atom. The fourth-order valence-corrected chi connectivity index (χ4v) is 2.83. The minimum atomic E-state index is -0.593. The van der Waals surface area contributed by atoms with Crippen LogP contribution < -0.4 is 5.32 Å². The van der Waals surface area contributed by atoms with Gasteiger partial charge in [-0.3, -0.25) is 4.79 Å². The number of hydrogen-bond acceptors (Lipinski definition) is 2. The van der Waals surface area contributed by atoms with Gasteiger partial charge in [-0.2, -0.15) is 0 Å². The monoisotopic (exact) mass is 381 g/mol. The maximum absolute atomic E-state index is 13.8. The van der Waals surface area contributed by atoms with Gasteiger partial charge in [-0.25, -0.2) is 4.39 Å². The Morgan fingerprint density at radius 3 is 2.82 bits per heavy atom. The number of hydrogen-bond donors (Lipinski definition) is 1. The molecule has 1 amide bonds. The van der Waals surface area contributed by atoms with Crippen LogP contribution in [0.4, 0.5) is 10.1 Å². The summed E-state index contributed by atoms with van der Waals surface area (Å²) in [6.45, 7) is 1.79. The van der Waals surface area contributed by atoms with Crippen molar-refractivity contribution >= 4 is 50.1 Å². The molecule has 0 spiro atoms. The molecule has 3 rings (SSSR count). The smallest absolute Gasteiger partial charge is 0.259 e. The zero-order chi connectivity index (χ0) is 15.9. The molecule has 0 bridgehead atoms. The Balaban J connectivity index is 2.05. The van der Waals surface area contributed by atoms with Crippen LogP contribution in [0.5, 0.6) is 0 Å². The van der Waals surface area contributed by atoms with Crippen molar-refractivity contribution in [3.8, 4) is 0 Å². The van der Waals surface area contributed by atoms with Gasteiger partial charge in [-0.1, -0.05) is 33.6 Å². The first-order valence-corrected chi connectivity index (χ1v) is 7.58. The average molecular weight is 383 g/mol. The van der Waals surface area contributed by atoms with E-state index >= 15 is 0 Å². The molecule has 1 N–H and O–H groups in total. The van der Waals surface area contributed by atoms with E-state index in [4.69, 9.17) is 16.0 Å². The Bertz CT molecular complexity index is 871. The van der Waals surface area contributed by atoms with E-state index in [0.717, 1.165) is 9.86 Å². The van der Waals surface area contributed by atoms with E-state index < -0.39 is 11.7 Å². The lowest BCUT2D eigenvalue weighted by atomic mass is 10.1. The molecule has 3 nitrogen and oxygen atoms in total. The van der Waals surface area contributed by atoms with Gasteiger partial charge in [0, 0.05) is 9.86 Å². The summed E-state index contributed by atoms with van der Waals surface area (Å²) in [7, 11) is 0. The van der Waals surface area contributed by atoms with Crippen LogP contribution in [-0.4, -0.2) is 5.91 Å². The minimum Gasteiger partial charge on any atom is -0.460 e. The zero-order valence-corrected chi connectivity index (χ0v) is 13.8. The highest BCUT2D eigenvalue weighted by Gasteiger charge is 2.18. The highest BCUT2D eigenvalue weighted by Crippen LogP contribution is 2.31. The van der Waals surface area contributed by atoms with Crippen LogP contribution in [0.3, 0.4) is 0 Å². The number of para-hydroxylation sites is 1. The molecular weight excluding hydrogens is 373 g/mol. The molecule has 0 aliphatic rings. The van der Waals surface area contributed by atoms with Gasteiger partial charge in [0.2, 0.25) is 0 Å². The third kappa shape index (κ3) is 2.62. The van der Waals surface area contributed by atoms with Gasteiger partial charge in [0.15, 0.2) is 0 Å². The molecule has 112 valence electrons. The molecule has 1 aromatic heterocycles. The molecular formula is C16H10BrClFNO2. The van der Waals surface area contributed by atoms with Crippen LogP contribution in [-0.2, 0) is 0 Å². The fourth-order valence-electron chi connectivity index (χ4n) is 2.19. The number of fused-ring (bicyclic) bond motifs is 1. The number of benzene rings is 2. The SMILES string of the molecule is Cc1cc2c(Br)ccc(C(=O)Nc3c(F)cccc3Cl)c2o1. The van der Waals surface area contributed by atoms with Crippen LogP contribution in [0.15, 0.2) is 45.3 Å². The summed E-state index contributed by atoms with van der Waals surface area (Å²) in [5.74, 6) is -0.399. The largest absolute Gasteiger partial charge is 0.460 e. The number of furan rings is 1. The first-order valence-electron chi connectivity index (χ1n) is 6.41. The van der Waals surface area contributed by atoms with E-state index in [9.17, 15) is 9.18 Å². The van der Waals surface area contributed by atoms with Crippen molar-refractivity contribution in [3.63, 3.8) is 0 Å². The Kier molecular flexibility index (Phi) is 3.93. The maximum Gasteiger partial charge on any atom is 0.259 e. The molecule has 0 aliphatic heterocycles. The van der Waals surface area contributed by atoms with E-state index in [1.54, 1.807) is 19.1 Å². The second kappa shape index (κ2) is 5.74. The molecule has 0 unspecified atom stereocenters. The van der Waals surface area contributed by atoms with Crippen molar-refractivity contribution < 1.29 is 13.6 Å². The summed E-state index contributed by atoms with van der Waals surface area (Å²) in [5, 5.41) is 3.41. The molecule has 3 aromatic rings. The van der Waals surface area contributed by atoms with Gasteiger partial charge in [0.1, 0.15) is 17.2 Å². The zero-order valence-electron chi connectivity index (χ0n) is 11.4. The molecule has 0 fully saturated rings. The van der Waals surface area contributed by atoms with Gasteiger partial charge in [-0.15, -0.1) is 0 Å². The lowest BCUT2D eigenvalue weighted by Crippen LogP contribution is -2.13. The molecule has 0 saturated heterocycles. The van der Waals surface area contributed by atoms with E-state index in [1.807, 2.05) is 6.07 Å². The van der Waals surface area contributed by atoms with E-state index in [0.29, 0.717) is 16.9 Å². The standard InChI is InChI=1S/C16H10BrClFNO2/c1-8-7-10-11(17)6-5-9(15(10)22-8)16(21)20-14-12(18)3-2-4-13(14)19/h2-7H,1H3,(H,20,21). The number of carbonyl (C=O) groups excluding carboxylic acids is 1. The number of amides is 1. The Labute approximate surface area is 139 Å². The molecule has 0 atom stereocenters. The summed E-state index contributed by atoms with van der Waals surface area (Å²) in [6, 6.07) is 9.39. The van der Waals surface area contributed by atoms with Gasteiger partial charge in [0.25, 0.3) is 5.91 Å². The molecule has 2 aromatic carbocycles. The molecule has 1 heterocycles. The quantitative estimate of drug-likeness (QED) is 0.631. The average Bonchev–Trinajstić information content (AvgIpc) is 2.85. The summed E-state index contributed by atoms with van der Waals surface area (Å²) in [6.07, 6.45) is 0. The first-order chi connectivity index (χ1) is 10.5. The second-order valence-electron chi connectivity index (χ2n) is 4.75. The lowest BCUT2D eigenvalue weighted by Gasteiger charge is -2.09. The van der Waals surface area contributed by atoms with Crippen LogP contribution in [0.25, 0.3) is 11.0 Å². The minimum absolute atomic E-state index is 0.0477. The Hall–Kier alpha value is -1.85. The molecule has 6 heteroatoms. The third-order valence-corrected chi connectivity index (χ3v) is 4.21. The predicted molar refractivity (Wildman–Crippen MR) is 88.0 cm³/mol. The van der Waals surface area contributed by atoms with Gasteiger partial charge < -0.3 is 9.73 Å². The van der Waals surface area contributed by atoms with Gasteiger partial charge in [-0.05, 0) is 37.3 Å². The summed E-state index contributed by atoms with van der Waals surface area (Å²) >= 11 is 9.33. The van der Waals surface area contributed by atoms with E-state index in [2.05, 4.69) is 21.2 Å². The number of carbonyl (C=O) groups is 1. The summed E-state index contributed by atoms with van der Waals surface area (Å²) in [4.78, 5) is 12.4. The van der Waals surface area contributed by atoms with Crippen molar-refractivity contribution in [1.29, 1.82) is 0 Å². The van der Waals surface area contributed by atoms with Crippen LogP contribution in [0, 0.1) is 12.7 Å². The van der Waals surface area contributed by atoms with Crippen LogP contribution in [0.2, 0.25) is 5.02 Å². The van der Waals surface area contributed by atoms with Crippen molar-refractivity contribution in [2.45, 2.75) is 6.92 Å². The lowest BCUT2D eigenvalue weighted by molar-refractivity contribution is 0.102. The topological polar surface area (TPSA) is 42.2 Å². The molecule has 0 radical (unpaired) electrons. The van der Waals surface area contributed by atoms with Crippen molar-refractivity contribution in [2.75, 3.05) is 5.32 Å². The van der Waals surface area contributed by atoms with E-state index in [1.165, 1.54) is 18.2 Å². The number of nitrogens with one attached hydrogen (secondary N) is 1. The van der Waals surface area contributed by atoms with Gasteiger partial charge in [0.05, 0.1) is 16.3 Å². The number of aryl methyl sites for hydroxylation is 1. The van der Waals surface area contributed by atoms with E-state index in [-0.39, 0.29) is 10.7 Å². The number of halogens is 3. The van der Waals surface area contributed by atoms with Crippen molar-refractivity contribution in [1.82, 2.24) is 0 Å². The molecule has 0 saturated carbocycles. The number of rotatable bonds is 2. The predicted octanol–water partition coefficient (Wildman–Crippen LogP) is 5.55. The highest BCUT2D eigenvalue weighted by molar-refractivity contribution is 9.10. The third-order valence-electron chi connectivity index (χ3n) is 3.20. The fraction of sp³-hybridized carbons (Fsp3) is 0.0625. The summed E-state index contributed by atoms with van der Waals surface area (Å²) in [5.41, 5.74) is 0.705. The molecule has 22 heavy (non-hydrogen) atoms.